The minimum Gasteiger partial charge on any atom is -0.284 e. The maximum absolute atomic E-state index is 11.0. The first kappa shape index (κ1) is 10.3. The van der Waals surface area contributed by atoms with Crippen LogP contribution < -0.4 is 21.7 Å². The van der Waals surface area contributed by atoms with Gasteiger partial charge in [0, 0.05) is 6.54 Å². The molecule has 0 unspecified atom stereocenters. The van der Waals surface area contributed by atoms with Gasteiger partial charge in [0.15, 0.2) is 0 Å². The number of nitrogens with zero attached hydrogens (tertiary/aromatic N) is 1. The fraction of sp³-hybridized carbons (Fsp3) is 0.222. The number of hydrogen-bond donors (Lipinski definition) is 3. The van der Waals surface area contributed by atoms with Crippen LogP contribution in [0.4, 0.5) is 10.5 Å². The molecule has 1 aromatic carbocycles. The van der Waals surface area contributed by atoms with Crippen LogP contribution in [0, 0.1) is 0 Å². The van der Waals surface area contributed by atoms with Gasteiger partial charge in [-0.15, -0.1) is 0 Å². The van der Waals surface area contributed by atoms with Crippen molar-refractivity contribution in [1.82, 2.24) is 10.9 Å². The first-order valence-electron chi connectivity index (χ1n) is 4.37. The largest absolute Gasteiger partial charge is 0.347 e. The third kappa shape index (κ3) is 2.63. The standard InChI is InChI=1S/C9H14N4O/c1-2-13(12-9(14)11-10)8-6-4-3-5-7-8/h3-7H,2,10H2,1H3,(H2,11,12,14). The molecule has 0 spiro atoms. The topological polar surface area (TPSA) is 70.4 Å². The van der Waals surface area contributed by atoms with Crippen LogP contribution in [-0.4, -0.2) is 12.6 Å². The summed E-state index contributed by atoms with van der Waals surface area (Å²) in [7, 11) is 0. The Morgan fingerprint density at radius 2 is 2.07 bits per heavy atom. The highest BCUT2D eigenvalue weighted by Gasteiger charge is 2.05. The molecule has 0 aliphatic carbocycles. The second-order valence-corrected chi connectivity index (χ2v) is 2.67. The second-order valence-electron chi connectivity index (χ2n) is 2.67. The third-order valence-electron chi connectivity index (χ3n) is 1.75. The van der Waals surface area contributed by atoms with Crippen LogP contribution in [0.5, 0.6) is 0 Å². The molecule has 0 heterocycles. The average molecular weight is 194 g/mol. The molecule has 76 valence electrons. The number of nitrogens with two attached hydrogens (primary N) is 1. The Labute approximate surface area is 82.8 Å². The summed E-state index contributed by atoms with van der Waals surface area (Å²) in [6.07, 6.45) is 0. The number of carbonyl (C=O) groups excluding carboxylic acids is 1. The van der Waals surface area contributed by atoms with Crippen molar-refractivity contribution in [1.29, 1.82) is 0 Å². The molecule has 0 saturated carbocycles. The highest BCUT2D eigenvalue weighted by atomic mass is 16.2. The number of hydrogen-bond acceptors (Lipinski definition) is 3. The van der Waals surface area contributed by atoms with Crippen molar-refractivity contribution in [2.45, 2.75) is 6.92 Å². The SMILES string of the molecule is CCN(NC(=O)NN)c1ccccc1. The van der Waals surface area contributed by atoms with Gasteiger partial charge in [-0.05, 0) is 19.1 Å². The van der Waals surface area contributed by atoms with Crippen LogP contribution in [0.15, 0.2) is 30.3 Å². The van der Waals surface area contributed by atoms with Crippen LogP contribution in [0.1, 0.15) is 6.92 Å². The summed E-state index contributed by atoms with van der Waals surface area (Å²) in [4.78, 5) is 11.0. The molecule has 0 aliphatic rings. The maximum Gasteiger partial charge on any atom is 0.347 e. The second kappa shape index (κ2) is 5.08. The van der Waals surface area contributed by atoms with E-state index in [-0.39, 0.29) is 0 Å². The van der Waals surface area contributed by atoms with Gasteiger partial charge in [-0.2, -0.15) is 0 Å². The molecule has 1 rings (SSSR count). The molecule has 0 bridgehead atoms. The van der Waals surface area contributed by atoms with E-state index in [0.717, 1.165) is 5.69 Å². The zero-order valence-electron chi connectivity index (χ0n) is 8.03. The molecular formula is C9H14N4O. The van der Waals surface area contributed by atoms with Gasteiger partial charge in [-0.3, -0.25) is 10.4 Å². The average Bonchev–Trinajstić information content (AvgIpc) is 2.26. The van der Waals surface area contributed by atoms with Gasteiger partial charge in [0.1, 0.15) is 0 Å². The molecular weight excluding hydrogens is 180 g/mol. The number of urea groups is 1. The van der Waals surface area contributed by atoms with Crippen LogP contribution >= 0.6 is 0 Å². The Morgan fingerprint density at radius 1 is 1.43 bits per heavy atom. The summed E-state index contributed by atoms with van der Waals surface area (Å²) in [6, 6.07) is 9.09. The monoisotopic (exact) mass is 194 g/mol. The number of amides is 2. The Morgan fingerprint density at radius 3 is 2.57 bits per heavy atom. The predicted molar refractivity (Wildman–Crippen MR) is 55.3 cm³/mol. The van der Waals surface area contributed by atoms with Crippen LogP contribution in [0.3, 0.4) is 0 Å². The van der Waals surface area contributed by atoms with Crippen LogP contribution in [0.2, 0.25) is 0 Å². The molecule has 0 aromatic heterocycles. The van der Waals surface area contributed by atoms with Crippen molar-refractivity contribution in [2.24, 2.45) is 5.84 Å². The van der Waals surface area contributed by atoms with Crippen LogP contribution in [0.25, 0.3) is 0 Å². The highest BCUT2D eigenvalue weighted by Crippen LogP contribution is 2.09. The molecule has 5 heteroatoms. The highest BCUT2D eigenvalue weighted by molar-refractivity contribution is 5.75. The van der Waals surface area contributed by atoms with Crippen molar-refractivity contribution in [3.8, 4) is 0 Å². The van der Waals surface area contributed by atoms with Gasteiger partial charge in [0.25, 0.3) is 0 Å². The maximum atomic E-state index is 11.0. The Kier molecular flexibility index (Phi) is 3.75. The van der Waals surface area contributed by atoms with E-state index in [2.05, 4.69) is 5.43 Å². The van der Waals surface area contributed by atoms with E-state index in [9.17, 15) is 4.79 Å². The lowest BCUT2D eigenvalue weighted by Gasteiger charge is -2.23. The van der Waals surface area contributed by atoms with E-state index in [1.54, 1.807) is 5.01 Å². The van der Waals surface area contributed by atoms with Crippen molar-refractivity contribution < 1.29 is 4.79 Å². The van der Waals surface area contributed by atoms with E-state index in [4.69, 9.17) is 5.84 Å². The number of carbonyl (C=O) groups is 1. The summed E-state index contributed by atoms with van der Waals surface area (Å²) in [5.41, 5.74) is 5.51. The normalized spacial score (nSPS) is 9.29. The molecule has 0 saturated heterocycles. The van der Waals surface area contributed by atoms with Gasteiger partial charge in [0.05, 0.1) is 5.69 Å². The minimum absolute atomic E-state index is 0.435. The quantitative estimate of drug-likeness (QED) is 0.375. The fourth-order valence-electron chi connectivity index (χ4n) is 1.09. The number of nitrogens with one attached hydrogen (secondary N) is 2. The lowest BCUT2D eigenvalue weighted by Crippen LogP contribution is -2.49. The first-order chi connectivity index (χ1) is 6.77. The zero-order valence-corrected chi connectivity index (χ0v) is 8.03. The predicted octanol–water partition coefficient (Wildman–Crippen LogP) is 0.601. The number of rotatable bonds is 3. The van der Waals surface area contributed by atoms with E-state index in [1.165, 1.54) is 0 Å². The summed E-state index contributed by atoms with van der Waals surface area (Å²) < 4.78 is 0. The molecule has 4 N–H and O–H groups in total. The Bertz CT molecular complexity index is 288. The summed E-state index contributed by atoms with van der Waals surface area (Å²) in [5, 5.41) is 1.70. The van der Waals surface area contributed by atoms with E-state index < -0.39 is 6.03 Å². The van der Waals surface area contributed by atoms with Gasteiger partial charge >= 0.3 is 6.03 Å². The van der Waals surface area contributed by atoms with Crippen molar-refractivity contribution >= 4 is 11.7 Å². The van der Waals surface area contributed by atoms with Gasteiger partial charge in [-0.1, -0.05) is 18.2 Å². The first-order valence-corrected chi connectivity index (χ1v) is 4.37. The molecule has 0 fully saturated rings. The smallest absolute Gasteiger partial charge is 0.284 e. The summed E-state index contributed by atoms with van der Waals surface area (Å²) in [6.45, 7) is 2.60. The molecule has 0 atom stereocenters. The molecule has 2 amide bonds. The van der Waals surface area contributed by atoms with Crippen molar-refractivity contribution in [3.63, 3.8) is 0 Å². The number of hydrazine groups is 2. The number of benzene rings is 1. The minimum atomic E-state index is -0.435. The molecule has 1 aromatic rings. The van der Waals surface area contributed by atoms with Gasteiger partial charge in [0.2, 0.25) is 0 Å². The zero-order chi connectivity index (χ0) is 10.4. The van der Waals surface area contributed by atoms with Crippen molar-refractivity contribution in [3.05, 3.63) is 30.3 Å². The lowest BCUT2D eigenvalue weighted by atomic mass is 10.3. The molecule has 0 aliphatic heterocycles. The lowest BCUT2D eigenvalue weighted by molar-refractivity contribution is 0.240. The molecule has 14 heavy (non-hydrogen) atoms. The third-order valence-corrected chi connectivity index (χ3v) is 1.75. The Balaban J connectivity index is 2.68. The van der Waals surface area contributed by atoms with Gasteiger partial charge in [-0.25, -0.2) is 16.1 Å². The van der Waals surface area contributed by atoms with Crippen LogP contribution in [-0.2, 0) is 0 Å². The molecule has 5 nitrogen and oxygen atoms in total. The fourth-order valence-corrected chi connectivity index (χ4v) is 1.09. The van der Waals surface area contributed by atoms with Gasteiger partial charge < -0.3 is 0 Å². The Hall–Kier alpha value is -1.75. The summed E-state index contributed by atoms with van der Waals surface area (Å²) in [5.74, 6) is 4.96. The van der Waals surface area contributed by atoms with E-state index >= 15 is 0 Å². The summed E-state index contributed by atoms with van der Waals surface area (Å²) >= 11 is 0. The van der Waals surface area contributed by atoms with E-state index in [0.29, 0.717) is 6.54 Å². The van der Waals surface area contributed by atoms with Crippen molar-refractivity contribution in [2.75, 3.05) is 11.6 Å². The number of anilines is 1. The molecule has 0 radical (unpaired) electrons. The van der Waals surface area contributed by atoms with E-state index in [1.807, 2.05) is 42.7 Å². The number of para-hydroxylation sites is 1.